The highest BCUT2D eigenvalue weighted by atomic mass is 16.5. The first kappa shape index (κ1) is 39.1. The molecule has 50 heavy (non-hydrogen) atoms. The second-order valence-corrected chi connectivity index (χ2v) is 12.8. The van der Waals surface area contributed by atoms with Crippen molar-refractivity contribution in [3.05, 3.63) is 119 Å². The Bertz CT molecular complexity index is 1630. The van der Waals surface area contributed by atoms with Crippen molar-refractivity contribution < 1.29 is 28.3 Å². The highest BCUT2D eigenvalue weighted by molar-refractivity contribution is 5.86. The van der Waals surface area contributed by atoms with E-state index in [1.54, 1.807) is 0 Å². The first-order valence-corrected chi connectivity index (χ1v) is 16.9. The molecule has 5 rings (SSSR count). The van der Waals surface area contributed by atoms with E-state index in [1.165, 1.54) is 11.1 Å². The number of aldehydes is 1. The van der Waals surface area contributed by atoms with E-state index in [2.05, 4.69) is 53.7 Å². The van der Waals surface area contributed by atoms with Crippen LogP contribution in [0.2, 0.25) is 0 Å². The fourth-order valence-electron chi connectivity index (χ4n) is 5.01. The van der Waals surface area contributed by atoms with Gasteiger partial charge < -0.3 is 24.7 Å². The minimum absolute atomic E-state index is 0.0240. The maximum absolute atomic E-state index is 13.2. The summed E-state index contributed by atoms with van der Waals surface area (Å²) < 4.78 is 10.4. The Balaban J connectivity index is 0.000000253. The maximum atomic E-state index is 13.2. The van der Waals surface area contributed by atoms with Crippen LogP contribution in [-0.4, -0.2) is 57.9 Å². The lowest BCUT2D eigenvalue weighted by atomic mass is 9.93. The van der Waals surface area contributed by atoms with Crippen molar-refractivity contribution in [2.45, 2.75) is 85.7 Å². The van der Waals surface area contributed by atoms with E-state index < -0.39 is 12.1 Å². The van der Waals surface area contributed by atoms with Crippen molar-refractivity contribution in [3.63, 3.8) is 0 Å². The number of carbonyl (C=O) groups excluding carboxylic acids is 4. The minimum atomic E-state index is -0.615. The molecule has 0 spiro atoms. The lowest BCUT2D eigenvalue weighted by Gasteiger charge is -2.38. The molecule has 0 fully saturated rings. The van der Waals surface area contributed by atoms with Crippen LogP contribution in [0.1, 0.15) is 80.4 Å². The van der Waals surface area contributed by atoms with E-state index in [1.807, 2.05) is 98.5 Å². The zero-order chi connectivity index (χ0) is 36.5. The Morgan fingerprint density at radius 1 is 0.860 bits per heavy atom. The average molecular weight is 684 g/mol. The smallest absolute Gasteiger partial charge is 0.408 e. The van der Waals surface area contributed by atoms with Gasteiger partial charge in [-0.3, -0.25) is 14.4 Å². The van der Waals surface area contributed by atoms with Gasteiger partial charge in [0.15, 0.2) is 0 Å². The molecular weight excluding hydrogens is 634 g/mol. The standard InChI is InChI=1S/C23H28N2O3.C10H8N2O2.C6H13NO/c1-16(2)21(24-23(27)28-15-18-9-5-4-6-10-18)22(26)25-14-20-12-8-7-11-19(20)13-17(25)3;13-7-10-12-11-9(14-10)6-8-4-2-1-3-5-8;1-5(2)6(3)7-4-8/h4-12,16-17,21H,13-15H2,1-3H3,(H,24,27);1-5,7H,6H2;4-6H,1-3H3,(H,7,8). The number of amides is 3. The number of ether oxygens (including phenoxy) is 1. The zero-order valence-corrected chi connectivity index (χ0v) is 29.7. The number of benzene rings is 3. The molecular formula is C39H49N5O6. The summed E-state index contributed by atoms with van der Waals surface area (Å²) in [7, 11) is 0. The number of aromatic nitrogens is 2. The molecule has 11 heteroatoms. The molecule has 266 valence electrons. The monoisotopic (exact) mass is 683 g/mol. The summed E-state index contributed by atoms with van der Waals surface area (Å²) >= 11 is 0. The van der Waals surface area contributed by atoms with E-state index in [0.29, 0.717) is 37.1 Å². The van der Waals surface area contributed by atoms with Crippen LogP contribution in [0, 0.1) is 11.8 Å². The number of alkyl carbamates (subject to hydrolysis) is 1. The Kier molecular flexibility index (Phi) is 15.8. The number of nitrogens with zero attached hydrogens (tertiary/aromatic N) is 3. The van der Waals surface area contributed by atoms with Gasteiger partial charge in [-0.25, -0.2) is 4.79 Å². The van der Waals surface area contributed by atoms with Gasteiger partial charge in [0.2, 0.25) is 24.5 Å². The van der Waals surface area contributed by atoms with Crippen molar-refractivity contribution >= 4 is 24.7 Å². The summed E-state index contributed by atoms with van der Waals surface area (Å²) in [5.41, 5.74) is 4.44. The van der Waals surface area contributed by atoms with E-state index in [9.17, 15) is 19.2 Å². The Morgan fingerprint density at radius 3 is 2.00 bits per heavy atom. The predicted octanol–water partition coefficient (Wildman–Crippen LogP) is 6.16. The summed E-state index contributed by atoms with van der Waals surface area (Å²) in [6.45, 7) is 12.8. The molecule has 4 aromatic rings. The third-order valence-corrected chi connectivity index (χ3v) is 8.32. The Hall–Kier alpha value is -5.32. The molecule has 3 unspecified atom stereocenters. The summed E-state index contributed by atoms with van der Waals surface area (Å²) in [6, 6.07) is 27.2. The second-order valence-electron chi connectivity index (χ2n) is 12.8. The predicted molar refractivity (Wildman–Crippen MR) is 191 cm³/mol. The number of carbonyl (C=O) groups is 4. The van der Waals surface area contributed by atoms with Crippen LogP contribution in [0.4, 0.5) is 4.79 Å². The fraction of sp³-hybridized carbons (Fsp3) is 0.385. The SMILES string of the molecule is CC(C)C(C)NC=O.CC(C)C(NC(=O)OCc1ccccc1)C(=O)N1Cc2ccccc2CC1C.O=Cc1nnc(Cc2ccccc2)o1. The molecule has 2 N–H and O–H groups in total. The van der Waals surface area contributed by atoms with Gasteiger partial charge in [-0.05, 0) is 54.4 Å². The summed E-state index contributed by atoms with van der Waals surface area (Å²) in [6.07, 6.45) is 2.10. The third-order valence-electron chi connectivity index (χ3n) is 8.32. The molecule has 1 aliphatic rings. The lowest BCUT2D eigenvalue weighted by Crippen LogP contribution is -2.54. The quantitative estimate of drug-likeness (QED) is 0.179. The first-order valence-electron chi connectivity index (χ1n) is 16.9. The molecule has 0 bridgehead atoms. The van der Waals surface area contributed by atoms with Crippen LogP contribution in [0.15, 0.2) is 89.3 Å². The van der Waals surface area contributed by atoms with Crippen LogP contribution in [0.5, 0.6) is 0 Å². The van der Waals surface area contributed by atoms with Gasteiger partial charge >= 0.3 is 6.09 Å². The van der Waals surface area contributed by atoms with Gasteiger partial charge in [0.05, 0.1) is 6.42 Å². The van der Waals surface area contributed by atoms with Gasteiger partial charge in [-0.1, -0.05) is 113 Å². The van der Waals surface area contributed by atoms with E-state index in [0.717, 1.165) is 24.0 Å². The van der Waals surface area contributed by atoms with Crippen LogP contribution < -0.4 is 10.6 Å². The summed E-state index contributed by atoms with van der Waals surface area (Å²) in [5, 5.41) is 12.7. The number of hydrogen-bond acceptors (Lipinski definition) is 8. The third kappa shape index (κ3) is 12.6. The fourth-order valence-corrected chi connectivity index (χ4v) is 5.01. The summed E-state index contributed by atoms with van der Waals surface area (Å²) in [4.78, 5) is 47.5. The van der Waals surface area contributed by atoms with Crippen molar-refractivity contribution in [1.82, 2.24) is 25.7 Å². The second kappa shape index (κ2) is 20.3. The molecule has 11 nitrogen and oxygen atoms in total. The van der Waals surface area contributed by atoms with Gasteiger partial charge in [0.1, 0.15) is 12.6 Å². The minimum Gasteiger partial charge on any atom is -0.445 e. The van der Waals surface area contributed by atoms with E-state index in [-0.39, 0.29) is 30.4 Å². The van der Waals surface area contributed by atoms with Gasteiger partial charge in [0, 0.05) is 18.6 Å². The van der Waals surface area contributed by atoms with Crippen molar-refractivity contribution in [1.29, 1.82) is 0 Å². The molecule has 0 aliphatic carbocycles. The van der Waals surface area contributed by atoms with E-state index in [4.69, 9.17) is 9.15 Å². The molecule has 2 heterocycles. The van der Waals surface area contributed by atoms with Crippen LogP contribution in [0.25, 0.3) is 0 Å². The highest BCUT2D eigenvalue weighted by Crippen LogP contribution is 2.24. The molecule has 3 aromatic carbocycles. The maximum Gasteiger partial charge on any atom is 0.408 e. The van der Waals surface area contributed by atoms with E-state index >= 15 is 0 Å². The summed E-state index contributed by atoms with van der Waals surface area (Å²) in [5.74, 6) is 0.907. The first-order chi connectivity index (χ1) is 24.0. The zero-order valence-electron chi connectivity index (χ0n) is 29.7. The molecule has 3 amide bonds. The van der Waals surface area contributed by atoms with Crippen LogP contribution in [0.3, 0.4) is 0 Å². The molecule has 1 aromatic heterocycles. The number of fused-ring (bicyclic) bond motifs is 1. The molecule has 1 aliphatic heterocycles. The molecule has 0 radical (unpaired) electrons. The molecule has 0 saturated heterocycles. The number of nitrogens with one attached hydrogen (secondary N) is 2. The van der Waals surface area contributed by atoms with Crippen LogP contribution in [-0.2, 0) is 40.3 Å². The van der Waals surface area contributed by atoms with Crippen molar-refractivity contribution in [2.75, 3.05) is 0 Å². The highest BCUT2D eigenvalue weighted by Gasteiger charge is 2.34. The Morgan fingerprint density at radius 2 is 1.46 bits per heavy atom. The van der Waals surface area contributed by atoms with Crippen LogP contribution >= 0.6 is 0 Å². The lowest BCUT2D eigenvalue weighted by molar-refractivity contribution is -0.137. The molecule has 0 saturated carbocycles. The van der Waals surface area contributed by atoms with Gasteiger partial charge in [0.25, 0.3) is 5.89 Å². The van der Waals surface area contributed by atoms with Crippen molar-refractivity contribution in [2.24, 2.45) is 11.8 Å². The number of rotatable bonds is 11. The topological polar surface area (TPSA) is 144 Å². The van der Waals surface area contributed by atoms with Crippen molar-refractivity contribution in [3.8, 4) is 0 Å². The normalized spacial score (nSPS) is 14.5. The van der Waals surface area contributed by atoms with Gasteiger partial charge in [-0.15, -0.1) is 10.2 Å². The Labute approximate surface area is 294 Å². The average Bonchev–Trinajstić information content (AvgIpc) is 3.58. The largest absolute Gasteiger partial charge is 0.445 e. The van der Waals surface area contributed by atoms with Gasteiger partial charge in [-0.2, -0.15) is 0 Å². The number of hydrogen-bond donors (Lipinski definition) is 2. The molecule has 3 atom stereocenters.